The molecule has 1 rings (SSSR count). The van der Waals surface area contributed by atoms with Crippen molar-refractivity contribution in [2.45, 2.75) is 64.9 Å². The summed E-state index contributed by atoms with van der Waals surface area (Å²) < 4.78 is 5.51. The molecule has 0 atom stereocenters. The number of ether oxygens (including phenoxy) is 1. The standard InChI is InChI=1S/C15H31NO2/c1-14(2)18-11-7-6-10-16-12-15(13-17)8-4-3-5-9-15/h14,16-17H,3-13H2,1-2H3. The fourth-order valence-electron chi connectivity index (χ4n) is 2.72. The van der Waals surface area contributed by atoms with E-state index in [1.165, 1.54) is 32.1 Å². The molecule has 0 saturated heterocycles. The Bertz CT molecular complexity index is 201. The van der Waals surface area contributed by atoms with E-state index >= 15 is 0 Å². The molecule has 0 spiro atoms. The molecule has 0 amide bonds. The lowest BCUT2D eigenvalue weighted by molar-refractivity contribution is 0.0731. The molecule has 18 heavy (non-hydrogen) atoms. The molecule has 1 fully saturated rings. The van der Waals surface area contributed by atoms with Gasteiger partial charge in [0.25, 0.3) is 0 Å². The zero-order chi connectivity index (χ0) is 13.3. The van der Waals surface area contributed by atoms with Crippen LogP contribution in [0.25, 0.3) is 0 Å². The van der Waals surface area contributed by atoms with Crippen LogP contribution in [0.15, 0.2) is 0 Å². The summed E-state index contributed by atoms with van der Waals surface area (Å²) in [7, 11) is 0. The lowest BCUT2D eigenvalue weighted by Crippen LogP contribution is -2.39. The highest BCUT2D eigenvalue weighted by atomic mass is 16.5. The molecule has 1 aliphatic rings. The first-order valence-electron chi connectivity index (χ1n) is 7.62. The summed E-state index contributed by atoms with van der Waals surface area (Å²) in [6, 6.07) is 0. The quantitative estimate of drug-likeness (QED) is 0.624. The van der Waals surface area contributed by atoms with Gasteiger partial charge < -0.3 is 15.2 Å². The third kappa shape index (κ3) is 6.17. The van der Waals surface area contributed by atoms with Crippen LogP contribution >= 0.6 is 0 Å². The van der Waals surface area contributed by atoms with E-state index in [0.29, 0.717) is 12.7 Å². The van der Waals surface area contributed by atoms with E-state index in [1.807, 2.05) is 0 Å². The minimum atomic E-state index is 0.173. The molecule has 0 radical (unpaired) electrons. The van der Waals surface area contributed by atoms with Gasteiger partial charge >= 0.3 is 0 Å². The molecule has 0 aliphatic heterocycles. The van der Waals surface area contributed by atoms with Crippen molar-refractivity contribution in [2.24, 2.45) is 5.41 Å². The van der Waals surface area contributed by atoms with Gasteiger partial charge in [-0.2, -0.15) is 0 Å². The van der Waals surface area contributed by atoms with Crippen LogP contribution in [0.1, 0.15) is 58.8 Å². The Morgan fingerprint density at radius 3 is 2.50 bits per heavy atom. The van der Waals surface area contributed by atoms with Gasteiger partial charge in [-0.15, -0.1) is 0 Å². The third-order valence-corrected chi connectivity index (χ3v) is 3.95. The molecule has 0 heterocycles. The van der Waals surface area contributed by atoms with E-state index in [2.05, 4.69) is 19.2 Å². The Morgan fingerprint density at radius 1 is 1.17 bits per heavy atom. The van der Waals surface area contributed by atoms with Crippen LogP contribution in [0.4, 0.5) is 0 Å². The highest BCUT2D eigenvalue weighted by Crippen LogP contribution is 2.35. The molecule has 1 aliphatic carbocycles. The molecule has 1 saturated carbocycles. The molecule has 3 nitrogen and oxygen atoms in total. The second-order valence-corrected chi connectivity index (χ2v) is 6.02. The van der Waals surface area contributed by atoms with Crippen molar-refractivity contribution in [1.29, 1.82) is 0 Å². The number of nitrogens with one attached hydrogen (secondary N) is 1. The highest BCUT2D eigenvalue weighted by molar-refractivity contribution is 4.84. The maximum atomic E-state index is 9.58. The molecule has 0 bridgehead atoms. The fraction of sp³-hybridized carbons (Fsp3) is 1.00. The second kappa shape index (κ2) is 8.89. The molecular formula is C15H31NO2. The van der Waals surface area contributed by atoms with Crippen molar-refractivity contribution in [3.63, 3.8) is 0 Å². The number of unbranched alkanes of at least 4 members (excludes halogenated alkanes) is 1. The fourth-order valence-corrected chi connectivity index (χ4v) is 2.72. The highest BCUT2D eigenvalue weighted by Gasteiger charge is 2.30. The van der Waals surface area contributed by atoms with Crippen molar-refractivity contribution in [3.05, 3.63) is 0 Å². The Kier molecular flexibility index (Phi) is 7.87. The SMILES string of the molecule is CC(C)OCCCCNCC1(CO)CCCCC1. The normalized spacial score (nSPS) is 19.3. The summed E-state index contributed by atoms with van der Waals surface area (Å²) in [6.07, 6.45) is 8.91. The van der Waals surface area contributed by atoms with Crippen LogP contribution in [0, 0.1) is 5.41 Å². The van der Waals surface area contributed by atoms with Crippen LogP contribution < -0.4 is 5.32 Å². The zero-order valence-electron chi connectivity index (χ0n) is 12.2. The summed E-state index contributed by atoms with van der Waals surface area (Å²) in [5, 5.41) is 13.1. The van der Waals surface area contributed by atoms with Crippen LogP contribution in [0.2, 0.25) is 0 Å². The van der Waals surface area contributed by atoms with Crippen molar-refractivity contribution >= 4 is 0 Å². The predicted octanol–water partition coefficient (Wildman–Crippen LogP) is 2.72. The lowest BCUT2D eigenvalue weighted by atomic mass is 9.74. The average Bonchev–Trinajstić information content (AvgIpc) is 2.38. The first-order valence-corrected chi connectivity index (χ1v) is 7.62. The molecule has 108 valence electrons. The molecule has 0 aromatic carbocycles. The van der Waals surface area contributed by atoms with Crippen molar-refractivity contribution < 1.29 is 9.84 Å². The van der Waals surface area contributed by atoms with Gasteiger partial charge in [-0.1, -0.05) is 19.3 Å². The number of aliphatic hydroxyl groups excluding tert-OH is 1. The monoisotopic (exact) mass is 257 g/mol. The summed E-state index contributed by atoms with van der Waals surface area (Å²) in [5.41, 5.74) is 0.173. The van der Waals surface area contributed by atoms with E-state index in [1.54, 1.807) is 0 Å². The number of hydrogen-bond donors (Lipinski definition) is 2. The number of hydrogen-bond acceptors (Lipinski definition) is 3. The predicted molar refractivity (Wildman–Crippen MR) is 75.8 cm³/mol. The number of aliphatic hydroxyl groups is 1. The Balaban J connectivity index is 2.02. The average molecular weight is 257 g/mol. The van der Waals surface area contributed by atoms with Crippen molar-refractivity contribution in [3.8, 4) is 0 Å². The van der Waals surface area contributed by atoms with Gasteiger partial charge in [0.15, 0.2) is 0 Å². The van der Waals surface area contributed by atoms with Gasteiger partial charge in [-0.3, -0.25) is 0 Å². The van der Waals surface area contributed by atoms with Crippen molar-refractivity contribution in [1.82, 2.24) is 5.32 Å². The molecule has 2 N–H and O–H groups in total. The van der Waals surface area contributed by atoms with Crippen LogP contribution in [-0.4, -0.2) is 37.5 Å². The second-order valence-electron chi connectivity index (χ2n) is 6.02. The molecule has 0 aromatic rings. The van der Waals surface area contributed by atoms with Crippen molar-refractivity contribution in [2.75, 3.05) is 26.3 Å². The molecule has 0 aromatic heterocycles. The Morgan fingerprint density at radius 2 is 1.89 bits per heavy atom. The van der Waals surface area contributed by atoms with Gasteiger partial charge in [0.1, 0.15) is 0 Å². The third-order valence-electron chi connectivity index (χ3n) is 3.95. The van der Waals surface area contributed by atoms with Gasteiger partial charge in [-0.05, 0) is 46.1 Å². The summed E-state index contributed by atoms with van der Waals surface area (Å²) in [6.45, 7) is 7.39. The summed E-state index contributed by atoms with van der Waals surface area (Å²) in [5.74, 6) is 0. The molecular weight excluding hydrogens is 226 g/mol. The van der Waals surface area contributed by atoms with E-state index in [0.717, 1.165) is 32.5 Å². The van der Waals surface area contributed by atoms with Gasteiger partial charge in [0, 0.05) is 25.2 Å². The van der Waals surface area contributed by atoms with E-state index in [-0.39, 0.29) is 5.41 Å². The first-order chi connectivity index (χ1) is 8.68. The molecule has 0 unspecified atom stereocenters. The molecule has 3 heteroatoms. The largest absolute Gasteiger partial charge is 0.396 e. The van der Waals surface area contributed by atoms with E-state index in [9.17, 15) is 5.11 Å². The zero-order valence-corrected chi connectivity index (χ0v) is 12.2. The van der Waals surface area contributed by atoms with Crippen LogP contribution in [0.5, 0.6) is 0 Å². The lowest BCUT2D eigenvalue weighted by Gasteiger charge is -2.35. The van der Waals surface area contributed by atoms with Crippen LogP contribution in [0.3, 0.4) is 0 Å². The maximum Gasteiger partial charge on any atom is 0.0518 e. The van der Waals surface area contributed by atoms with Gasteiger partial charge in [0.2, 0.25) is 0 Å². The summed E-state index contributed by atoms with van der Waals surface area (Å²) in [4.78, 5) is 0. The van der Waals surface area contributed by atoms with Crippen LogP contribution in [-0.2, 0) is 4.74 Å². The van der Waals surface area contributed by atoms with Gasteiger partial charge in [0.05, 0.1) is 6.10 Å². The maximum absolute atomic E-state index is 9.58. The first kappa shape index (κ1) is 15.9. The Hall–Kier alpha value is -0.120. The topological polar surface area (TPSA) is 41.5 Å². The number of rotatable bonds is 9. The minimum absolute atomic E-state index is 0.173. The van der Waals surface area contributed by atoms with E-state index in [4.69, 9.17) is 4.74 Å². The summed E-state index contributed by atoms with van der Waals surface area (Å²) >= 11 is 0. The van der Waals surface area contributed by atoms with E-state index < -0.39 is 0 Å². The smallest absolute Gasteiger partial charge is 0.0518 e. The van der Waals surface area contributed by atoms with Gasteiger partial charge in [-0.25, -0.2) is 0 Å². The Labute approximate surface area is 112 Å². The minimum Gasteiger partial charge on any atom is -0.396 e.